The van der Waals surface area contributed by atoms with E-state index in [1.165, 1.54) is 18.0 Å². The third-order valence-corrected chi connectivity index (χ3v) is 6.64. The summed E-state index contributed by atoms with van der Waals surface area (Å²) in [5.41, 5.74) is 8.51. The summed E-state index contributed by atoms with van der Waals surface area (Å²) in [5, 5.41) is 13.2. The van der Waals surface area contributed by atoms with Crippen molar-refractivity contribution >= 4 is 34.4 Å². The molecule has 188 valence electrons. The lowest BCUT2D eigenvalue weighted by molar-refractivity contribution is 0.398. The molecule has 2 aromatic carbocycles. The van der Waals surface area contributed by atoms with Crippen molar-refractivity contribution in [1.82, 2.24) is 24.5 Å². The fourth-order valence-electron chi connectivity index (χ4n) is 3.99. The highest BCUT2D eigenvalue weighted by Gasteiger charge is 2.20. The summed E-state index contributed by atoms with van der Waals surface area (Å²) in [6, 6.07) is 20.6. The third kappa shape index (κ3) is 4.85. The van der Waals surface area contributed by atoms with Gasteiger partial charge in [-0.3, -0.25) is 9.36 Å². The van der Waals surface area contributed by atoms with Gasteiger partial charge in [0, 0.05) is 12.3 Å². The van der Waals surface area contributed by atoms with E-state index in [1.54, 1.807) is 23.9 Å². The molecule has 0 amide bonds. The quantitative estimate of drug-likeness (QED) is 0.181. The van der Waals surface area contributed by atoms with Crippen molar-refractivity contribution in [1.29, 1.82) is 5.26 Å². The van der Waals surface area contributed by atoms with Gasteiger partial charge < -0.3 is 15.8 Å². The Hall–Kier alpha value is -4.95. The Kier molecular flexibility index (Phi) is 6.88. The predicted octanol–water partition coefficient (Wildman–Crippen LogP) is 4.25. The average molecular weight is 523 g/mol. The molecule has 0 saturated heterocycles. The SMILES string of the molecule is COc1cc(-c2cccc3nc(S[C@H](C)Nc4nc(N)ncc4C#N)n(-c4ccccc4)c(=O)c23)ccn1. The Morgan fingerprint density at radius 1 is 1.11 bits per heavy atom. The van der Waals surface area contributed by atoms with Gasteiger partial charge >= 0.3 is 0 Å². The lowest BCUT2D eigenvalue weighted by atomic mass is 10.0. The third-order valence-electron chi connectivity index (χ3n) is 5.69. The molecule has 0 aliphatic heterocycles. The molecule has 0 aliphatic carbocycles. The van der Waals surface area contributed by atoms with Crippen LogP contribution in [0.4, 0.5) is 11.8 Å². The van der Waals surface area contributed by atoms with Crippen LogP contribution in [-0.2, 0) is 0 Å². The van der Waals surface area contributed by atoms with Crippen LogP contribution in [-0.4, -0.2) is 37.0 Å². The number of nitrogens with one attached hydrogen (secondary N) is 1. The maximum atomic E-state index is 14.1. The second-order valence-corrected chi connectivity index (χ2v) is 9.47. The molecule has 0 aliphatic rings. The fourth-order valence-corrected chi connectivity index (χ4v) is 4.92. The number of benzene rings is 2. The van der Waals surface area contributed by atoms with E-state index in [9.17, 15) is 10.1 Å². The van der Waals surface area contributed by atoms with E-state index in [-0.39, 0.29) is 22.4 Å². The predicted molar refractivity (Wildman–Crippen MR) is 147 cm³/mol. The van der Waals surface area contributed by atoms with Crippen LogP contribution < -0.4 is 21.3 Å². The maximum absolute atomic E-state index is 14.1. The number of thioether (sulfide) groups is 1. The number of methoxy groups -OCH3 is 1. The summed E-state index contributed by atoms with van der Waals surface area (Å²) in [6.45, 7) is 1.88. The first kappa shape index (κ1) is 24.7. The van der Waals surface area contributed by atoms with E-state index in [1.807, 2.05) is 61.5 Å². The number of hydrogen-bond donors (Lipinski definition) is 2. The second-order valence-electron chi connectivity index (χ2n) is 8.16. The highest BCUT2D eigenvalue weighted by molar-refractivity contribution is 7.99. The van der Waals surface area contributed by atoms with Crippen LogP contribution >= 0.6 is 11.8 Å². The van der Waals surface area contributed by atoms with Crippen molar-refractivity contribution in [3.05, 3.63) is 89.0 Å². The Labute approximate surface area is 222 Å². The minimum Gasteiger partial charge on any atom is -0.481 e. The zero-order valence-electron chi connectivity index (χ0n) is 20.5. The summed E-state index contributed by atoms with van der Waals surface area (Å²) in [5.74, 6) is 0.808. The highest BCUT2D eigenvalue weighted by Crippen LogP contribution is 2.31. The number of anilines is 2. The number of nitrogens with zero attached hydrogens (tertiary/aromatic N) is 6. The molecule has 3 aromatic heterocycles. The molecule has 0 saturated carbocycles. The van der Waals surface area contributed by atoms with Crippen molar-refractivity contribution in [2.75, 3.05) is 18.2 Å². The van der Waals surface area contributed by atoms with Gasteiger partial charge in [0.1, 0.15) is 17.5 Å². The minimum absolute atomic E-state index is 0.0500. The molecule has 5 aromatic rings. The topological polar surface area (TPSA) is 145 Å². The average Bonchev–Trinajstić information content (AvgIpc) is 2.93. The van der Waals surface area contributed by atoms with E-state index in [0.29, 0.717) is 33.4 Å². The summed E-state index contributed by atoms with van der Waals surface area (Å²) in [4.78, 5) is 31.2. The first-order chi connectivity index (χ1) is 18.5. The van der Waals surface area contributed by atoms with E-state index in [4.69, 9.17) is 15.5 Å². The number of hydrogen-bond acceptors (Lipinski definition) is 10. The monoisotopic (exact) mass is 522 g/mol. The van der Waals surface area contributed by atoms with E-state index >= 15 is 0 Å². The number of ether oxygens (including phenoxy) is 1. The smallest absolute Gasteiger partial charge is 0.267 e. The van der Waals surface area contributed by atoms with Gasteiger partial charge in [-0.2, -0.15) is 10.2 Å². The largest absolute Gasteiger partial charge is 0.481 e. The van der Waals surface area contributed by atoms with Gasteiger partial charge in [-0.25, -0.2) is 15.0 Å². The molecule has 0 fully saturated rings. The number of fused-ring (bicyclic) bond motifs is 1. The van der Waals surface area contributed by atoms with Crippen LogP contribution in [0.15, 0.2) is 83.0 Å². The second kappa shape index (κ2) is 10.6. The summed E-state index contributed by atoms with van der Waals surface area (Å²) in [6.07, 6.45) is 3.01. The molecule has 1 atom stereocenters. The Bertz CT molecular complexity index is 1730. The van der Waals surface area contributed by atoms with Gasteiger partial charge in [-0.15, -0.1) is 0 Å². The van der Waals surface area contributed by atoms with E-state index in [0.717, 1.165) is 11.1 Å². The molecule has 3 heterocycles. The van der Waals surface area contributed by atoms with Gasteiger partial charge in [0.15, 0.2) is 5.16 Å². The van der Waals surface area contributed by atoms with Gasteiger partial charge in [0.25, 0.3) is 5.56 Å². The molecule has 10 nitrogen and oxygen atoms in total. The van der Waals surface area contributed by atoms with Crippen LogP contribution in [0.25, 0.3) is 27.7 Å². The molecular weight excluding hydrogens is 500 g/mol. The molecule has 11 heteroatoms. The van der Waals surface area contributed by atoms with Crippen LogP contribution in [0.5, 0.6) is 5.88 Å². The highest BCUT2D eigenvalue weighted by atomic mass is 32.2. The maximum Gasteiger partial charge on any atom is 0.267 e. The summed E-state index contributed by atoms with van der Waals surface area (Å²) < 4.78 is 6.88. The zero-order valence-corrected chi connectivity index (χ0v) is 21.3. The van der Waals surface area contributed by atoms with Crippen LogP contribution in [0.1, 0.15) is 12.5 Å². The molecule has 0 unspecified atom stereocenters. The van der Waals surface area contributed by atoms with Crippen molar-refractivity contribution in [2.45, 2.75) is 17.5 Å². The molecule has 0 spiro atoms. The minimum atomic E-state index is -0.330. The zero-order chi connectivity index (χ0) is 26.6. The van der Waals surface area contributed by atoms with Gasteiger partial charge in [-0.05, 0) is 42.3 Å². The Morgan fingerprint density at radius 3 is 2.68 bits per heavy atom. The first-order valence-corrected chi connectivity index (χ1v) is 12.4. The van der Waals surface area contributed by atoms with Crippen molar-refractivity contribution < 1.29 is 4.74 Å². The number of rotatable bonds is 7. The molecule has 0 bridgehead atoms. The lowest BCUT2D eigenvalue weighted by Crippen LogP contribution is -2.24. The van der Waals surface area contributed by atoms with E-state index < -0.39 is 0 Å². The first-order valence-electron chi connectivity index (χ1n) is 11.6. The number of para-hydroxylation sites is 1. The molecule has 0 radical (unpaired) electrons. The molecular formula is C27H22N8O2S. The number of nitrogen functional groups attached to an aromatic ring is 1. The Morgan fingerprint density at radius 2 is 1.92 bits per heavy atom. The van der Waals surface area contributed by atoms with Crippen LogP contribution in [0, 0.1) is 11.3 Å². The number of aromatic nitrogens is 5. The number of nitrogens with two attached hydrogens (primary N) is 1. The standard InChI is InChI=1S/C27H22N8O2S/c1-16(32-24-18(14-28)15-31-26(29)34-24)38-27-33-21-10-6-9-20(17-11-12-30-22(13-17)37-2)23(21)25(36)35(27)19-7-4-3-5-8-19/h3-13,15-16H,1-2H3,(H3,29,31,32,34)/t16-/m1/s1. The lowest BCUT2D eigenvalue weighted by Gasteiger charge is -2.19. The normalized spacial score (nSPS) is 11.6. The van der Waals surface area contributed by atoms with Gasteiger partial charge in [-0.1, -0.05) is 42.1 Å². The molecule has 5 rings (SSSR count). The number of pyridine rings is 1. The summed E-state index contributed by atoms with van der Waals surface area (Å²) >= 11 is 1.32. The number of nitriles is 1. The van der Waals surface area contributed by atoms with Crippen LogP contribution in [0.3, 0.4) is 0 Å². The summed E-state index contributed by atoms with van der Waals surface area (Å²) in [7, 11) is 1.55. The van der Waals surface area contributed by atoms with Crippen molar-refractivity contribution in [2.24, 2.45) is 0 Å². The van der Waals surface area contributed by atoms with Gasteiger partial charge in [0.2, 0.25) is 11.8 Å². The molecule has 38 heavy (non-hydrogen) atoms. The van der Waals surface area contributed by atoms with Crippen molar-refractivity contribution in [3.8, 4) is 28.8 Å². The fraction of sp³-hybridized carbons (Fsp3) is 0.111. The van der Waals surface area contributed by atoms with Gasteiger partial charge in [0.05, 0.1) is 35.3 Å². The Balaban J connectivity index is 1.65. The van der Waals surface area contributed by atoms with E-state index in [2.05, 4.69) is 26.3 Å². The van der Waals surface area contributed by atoms with Crippen LogP contribution in [0.2, 0.25) is 0 Å². The van der Waals surface area contributed by atoms with Crippen molar-refractivity contribution in [3.63, 3.8) is 0 Å². The molecule has 3 N–H and O–H groups in total.